The second kappa shape index (κ2) is 3.81. The third-order valence-corrected chi connectivity index (χ3v) is 6.37. The summed E-state index contributed by atoms with van der Waals surface area (Å²) < 4.78 is 0. The molecule has 2 nitrogen and oxygen atoms in total. The summed E-state index contributed by atoms with van der Waals surface area (Å²) in [5.74, 6) is 2.79. The first kappa shape index (κ1) is 11.0. The van der Waals surface area contributed by atoms with Crippen molar-refractivity contribution in [2.24, 2.45) is 23.2 Å². The van der Waals surface area contributed by atoms with Crippen LogP contribution in [-0.4, -0.2) is 4.98 Å². The summed E-state index contributed by atoms with van der Waals surface area (Å²) in [6, 6.07) is 2.61. The molecule has 0 spiro atoms. The maximum atomic E-state index is 9.67. The number of nitrogens with zero attached hydrogens (tertiary/aromatic N) is 2. The number of nitriles is 1. The number of thiazole rings is 1. The third kappa shape index (κ3) is 1.48. The Kier molecular flexibility index (Phi) is 2.32. The van der Waals surface area contributed by atoms with Crippen LogP contribution in [0.3, 0.4) is 0 Å². The summed E-state index contributed by atoms with van der Waals surface area (Å²) in [6.45, 7) is 0. The van der Waals surface area contributed by atoms with Crippen molar-refractivity contribution >= 4 is 11.3 Å². The molecule has 94 valence electrons. The van der Waals surface area contributed by atoms with Crippen molar-refractivity contribution in [1.82, 2.24) is 4.98 Å². The van der Waals surface area contributed by atoms with E-state index >= 15 is 0 Å². The Bertz CT molecular complexity index is 450. The molecule has 0 aliphatic heterocycles. The van der Waals surface area contributed by atoms with Gasteiger partial charge < -0.3 is 0 Å². The maximum absolute atomic E-state index is 9.67. The Balaban J connectivity index is 1.73. The number of rotatable bonds is 2. The van der Waals surface area contributed by atoms with Crippen molar-refractivity contribution in [2.75, 3.05) is 0 Å². The van der Waals surface area contributed by atoms with E-state index < -0.39 is 0 Å². The average molecular weight is 258 g/mol. The molecule has 1 atom stereocenters. The lowest BCUT2D eigenvalue weighted by Gasteiger charge is -2.58. The molecule has 1 aromatic heterocycles. The molecule has 0 N–H and O–H groups in total. The zero-order valence-electron chi connectivity index (χ0n) is 10.5. The predicted molar refractivity (Wildman–Crippen MR) is 71.1 cm³/mol. The quantitative estimate of drug-likeness (QED) is 0.805. The summed E-state index contributed by atoms with van der Waals surface area (Å²) in [5, 5.41) is 12.8. The lowest BCUT2D eigenvalue weighted by Crippen LogP contribution is -2.48. The Morgan fingerprint density at radius 3 is 2.28 bits per heavy atom. The molecule has 4 bridgehead atoms. The van der Waals surface area contributed by atoms with E-state index in [0.717, 1.165) is 22.8 Å². The highest BCUT2D eigenvalue weighted by atomic mass is 32.1. The highest BCUT2D eigenvalue weighted by molar-refractivity contribution is 7.09. The van der Waals surface area contributed by atoms with E-state index in [2.05, 4.69) is 11.1 Å². The lowest BCUT2D eigenvalue weighted by molar-refractivity contribution is -0.0594. The molecule has 4 saturated carbocycles. The minimum absolute atomic E-state index is 0.0610. The highest BCUT2D eigenvalue weighted by Gasteiger charge is 2.55. The second-order valence-corrected chi connectivity index (χ2v) is 7.64. The second-order valence-electron chi connectivity index (χ2n) is 6.71. The summed E-state index contributed by atoms with van der Waals surface area (Å²) in [7, 11) is 0. The fraction of sp³-hybridized carbons (Fsp3) is 0.733. The van der Waals surface area contributed by atoms with Crippen LogP contribution < -0.4 is 0 Å². The van der Waals surface area contributed by atoms with Crippen LogP contribution in [0.4, 0.5) is 0 Å². The van der Waals surface area contributed by atoms with Crippen molar-refractivity contribution in [3.8, 4) is 6.07 Å². The van der Waals surface area contributed by atoms with Crippen molar-refractivity contribution < 1.29 is 0 Å². The molecule has 1 aromatic rings. The largest absolute Gasteiger partial charge is 0.248 e. The van der Waals surface area contributed by atoms with Gasteiger partial charge in [0.05, 0.1) is 6.07 Å². The van der Waals surface area contributed by atoms with Crippen molar-refractivity contribution in [3.05, 3.63) is 16.6 Å². The fourth-order valence-electron chi connectivity index (χ4n) is 5.36. The first-order valence-electron chi connectivity index (χ1n) is 7.08. The van der Waals surface area contributed by atoms with E-state index in [1.165, 1.54) is 38.5 Å². The normalized spacial score (nSPS) is 42.7. The first-order valence-corrected chi connectivity index (χ1v) is 7.96. The van der Waals surface area contributed by atoms with E-state index in [1.54, 1.807) is 11.3 Å². The minimum Gasteiger partial charge on any atom is -0.248 e. The van der Waals surface area contributed by atoms with Gasteiger partial charge in [-0.25, -0.2) is 4.98 Å². The van der Waals surface area contributed by atoms with E-state index in [4.69, 9.17) is 0 Å². The monoisotopic (exact) mass is 258 g/mol. The fourth-order valence-corrected chi connectivity index (χ4v) is 6.18. The van der Waals surface area contributed by atoms with Crippen molar-refractivity contribution in [2.45, 2.75) is 44.4 Å². The topological polar surface area (TPSA) is 36.7 Å². The van der Waals surface area contributed by atoms with Gasteiger partial charge >= 0.3 is 0 Å². The van der Waals surface area contributed by atoms with E-state index in [-0.39, 0.29) is 11.3 Å². The van der Waals surface area contributed by atoms with Crippen LogP contribution in [0.15, 0.2) is 11.6 Å². The van der Waals surface area contributed by atoms with Crippen LogP contribution in [-0.2, 0) is 0 Å². The van der Waals surface area contributed by atoms with Crippen LogP contribution in [0.1, 0.15) is 49.5 Å². The smallest absolute Gasteiger partial charge is 0.110 e. The molecule has 4 fully saturated rings. The summed E-state index contributed by atoms with van der Waals surface area (Å²) in [6.07, 6.45) is 10.0. The molecule has 0 radical (unpaired) electrons. The standard InChI is InChI=1S/C15H18N2S/c16-9-13(14-17-1-2-18-14)15-6-10-3-11(7-15)5-12(4-10)8-15/h1-2,10-13H,3-8H2. The minimum atomic E-state index is 0.0610. The predicted octanol–water partition coefficient (Wildman–Crippen LogP) is 3.97. The van der Waals surface area contributed by atoms with Crippen LogP contribution in [0.2, 0.25) is 0 Å². The zero-order chi connectivity index (χ0) is 12.2. The van der Waals surface area contributed by atoms with Crippen molar-refractivity contribution in [1.29, 1.82) is 5.26 Å². The van der Waals surface area contributed by atoms with Crippen LogP contribution in [0.5, 0.6) is 0 Å². The molecular weight excluding hydrogens is 240 g/mol. The van der Waals surface area contributed by atoms with Crippen LogP contribution in [0.25, 0.3) is 0 Å². The van der Waals surface area contributed by atoms with Gasteiger partial charge in [0.15, 0.2) is 0 Å². The molecule has 0 aromatic carbocycles. The van der Waals surface area contributed by atoms with Gasteiger partial charge in [-0.15, -0.1) is 11.3 Å². The summed E-state index contributed by atoms with van der Waals surface area (Å²) in [4.78, 5) is 4.44. The zero-order valence-corrected chi connectivity index (χ0v) is 11.3. The van der Waals surface area contributed by atoms with Gasteiger partial charge in [0.25, 0.3) is 0 Å². The molecule has 18 heavy (non-hydrogen) atoms. The summed E-state index contributed by atoms with van der Waals surface area (Å²) >= 11 is 1.67. The van der Waals surface area contributed by atoms with Crippen LogP contribution in [0, 0.1) is 34.5 Å². The molecule has 0 saturated heterocycles. The Morgan fingerprint density at radius 1 is 1.22 bits per heavy atom. The molecule has 3 heteroatoms. The number of aromatic nitrogens is 1. The Hall–Kier alpha value is -0.880. The average Bonchev–Trinajstić information content (AvgIpc) is 2.81. The molecule has 5 rings (SSSR count). The number of hydrogen-bond acceptors (Lipinski definition) is 3. The molecule has 4 aliphatic rings. The Morgan fingerprint density at radius 2 is 1.83 bits per heavy atom. The highest BCUT2D eigenvalue weighted by Crippen LogP contribution is 2.64. The van der Waals surface area contributed by atoms with Gasteiger partial charge in [-0.05, 0) is 61.7 Å². The van der Waals surface area contributed by atoms with Gasteiger partial charge in [-0.3, -0.25) is 0 Å². The molecule has 1 heterocycles. The first-order chi connectivity index (χ1) is 8.79. The van der Waals surface area contributed by atoms with Crippen LogP contribution >= 0.6 is 11.3 Å². The van der Waals surface area contributed by atoms with E-state index in [1.807, 2.05) is 11.6 Å². The van der Waals surface area contributed by atoms with Gasteiger partial charge in [-0.2, -0.15) is 5.26 Å². The number of hydrogen-bond donors (Lipinski definition) is 0. The van der Waals surface area contributed by atoms with Gasteiger partial charge in [0, 0.05) is 11.6 Å². The molecular formula is C15H18N2S. The maximum Gasteiger partial charge on any atom is 0.110 e. The van der Waals surface area contributed by atoms with Gasteiger partial charge in [0.2, 0.25) is 0 Å². The van der Waals surface area contributed by atoms with E-state index in [0.29, 0.717) is 0 Å². The van der Waals surface area contributed by atoms with Crippen molar-refractivity contribution in [3.63, 3.8) is 0 Å². The third-order valence-electron chi connectivity index (χ3n) is 5.53. The summed E-state index contributed by atoms with van der Waals surface area (Å²) in [5.41, 5.74) is 0.279. The van der Waals surface area contributed by atoms with Gasteiger partial charge in [0.1, 0.15) is 10.9 Å². The molecule has 4 aliphatic carbocycles. The molecule has 1 unspecified atom stereocenters. The lowest BCUT2D eigenvalue weighted by atomic mass is 9.46. The SMILES string of the molecule is N#CC(c1nccs1)C12CC3CC(CC(C3)C1)C2. The molecule has 0 amide bonds. The van der Waals surface area contributed by atoms with E-state index in [9.17, 15) is 5.26 Å². The van der Waals surface area contributed by atoms with Gasteiger partial charge in [-0.1, -0.05) is 0 Å². The Labute approximate surface area is 112 Å².